The van der Waals surface area contributed by atoms with Crippen molar-refractivity contribution >= 4 is 5.78 Å². The maximum Gasteiger partial charge on any atom is 0.155 e. The van der Waals surface area contributed by atoms with Gasteiger partial charge in [0.15, 0.2) is 5.78 Å². The van der Waals surface area contributed by atoms with E-state index in [-0.39, 0.29) is 0 Å². The Hall–Kier alpha value is -0.590. The summed E-state index contributed by atoms with van der Waals surface area (Å²) < 4.78 is 0. The van der Waals surface area contributed by atoms with E-state index in [1.807, 2.05) is 6.08 Å². The van der Waals surface area contributed by atoms with Crippen molar-refractivity contribution in [2.24, 2.45) is 34.5 Å². The molecule has 0 aromatic heterocycles. The Kier molecular flexibility index (Phi) is 2.98. The van der Waals surface area contributed by atoms with Gasteiger partial charge in [-0.2, -0.15) is 0 Å². The zero-order chi connectivity index (χ0) is 14.8. The largest absolute Gasteiger partial charge is 0.295 e. The fourth-order valence-corrected chi connectivity index (χ4v) is 6.90. The van der Waals surface area contributed by atoms with Gasteiger partial charge >= 0.3 is 0 Å². The molecule has 0 aliphatic heterocycles. The normalized spacial score (nSPS) is 52.7. The molecule has 0 radical (unpaired) electrons. The van der Waals surface area contributed by atoms with Gasteiger partial charge in [0.25, 0.3) is 0 Å². The lowest BCUT2D eigenvalue weighted by atomic mass is 9.45. The number of ketones is 1. The van der Waals surface area contributed by atoms with Crippen molar-refractivity contribution in [1.82, 2.24) is 0 Å². The second-order valence-electron chi connectivity index (χ2n) is 9.11. The van der Waals surface area contributed by atoms with Gasteiger partial charge < -0.3 is 0 Å². The molecule has 0 spiro atoms. The maximum atomic E-state index is 11.9. The first-order chi connectivity index (χ1) is 9.94. The van der Waals surface area contributed by atoms with Crippen LogP contribution in [0.1, 0.15) is 72.1 Å². The summed E-state index contributed by atoms with van der Waals surface area (Å²) >= 11 is 0. The summed E-state index contributed by atoms with van der Waals surface area (Å²) in [5.74, 6) is 3.89. The van der Waals surface area contributed by atoms with Crippen molar-refractivity contribution < 1.29 is 4.79 Å². The highest BCUT2D eigenvalue weighted by atomic mass is 16.1. The number of fused-ring (bicyclic) bond motifs is 5. The second-order valence-corrected chi connectivity index (χ2v) is 9.11. The summed E-state index contributed by atoms with van der Waals surface area (Å²) in [4.78, 5) is 11.9. The molecule has 4 aliphatic rings. The van der Waals surface area contributed by atoms with Gasteiger partial charge in [0.2, 0.25) is 0 Å². The van der Waals surface area contributed by atoms with Crippen LogP contribution in [0.15, 0.2) is 11.6 Å². The van der Waals surface area contributed by atoms with Crippen molar-refractivity contribution in [2.45, 2.75) is 72.1 Å². The smallest absolute Gasteiger partial charge is 0.155 e. The lowest BCUT2D eigenvalue weighted by molar-refractivity contribution is -0.118. The van der Waals surface area contributed by atoms with Gasteiger partial charge in [-0.05, 0) is 79.1 Å². The lowest BCUT2D eigenvalue weighted by Crippen LogP contribution is -2.52. The van der Waals surface area contributed by atoms with E-state index in [1.54, 1.807) is 0 Å². The zero-order valence-corrected chi connectivity index (χ0v) is 14.0. The van der Waals surface area contributed by atoms with E-state index in [2.05, 4.69) is 20.8 Å². The Morgan fingerprint density at radius 2 is 1.90 bits per heavy atom. The van der Waals surface area contributed by atoms with Crippen LogP contribution in [0.2, 0.25) is 0 Å². The summed E-state index contributed by atoms with van der Waals surface area (Å²) in [5, 5.41) is 0. The summed E-state index contributed by atoms with van der Waals surface area (Å²) in [6.45, 7) is 7.54. The van der Waals surface area contributed by atoms with Crippen LogP contribution in [-0.2, 0) is 4.79 Å². The first kappa shape index (κ1) is 14.0. The fourth-order valence-electron chi connectivity index (χ4n) is 6.90. The van der Waals surface area contributed by atoms with Crippen molar-refractivity contribution in [2.75, 3.05) is 0 Å². The SMILES string of the molecule is C[C@@H]1CC2=CC(=O)CC[C@]2(C)[C@H]2CC[C@]3(C)CCC[C@H]3[C@H]12. The summed E-state index contributed by atoms with van der Waals surface area (Å²) in [7, 11) is 0. The van der Waals surface area contributed by atoms with Gasteiger partial charge in [0.1, 0.15) is 0 Å². The third-order valence-corrected chi connectivity index (χ3v) is 8.09. The molecular weight excluding hydrogens is 256 g/mol. The maximum absolute atomic E-state index is 11.9. The molecule has 0 aromatic rings. The number of carbonyl (C=O) groups is 1. The molecule has 0 saturated heterocycles. The molecule has 0 bridgehead atoms. The van der Waals surface area contributed by atoms with Crippen molar-refractivity contribution in [1.29, 1.82) is 0 Å². The second kappa shape index (κ2) is 4.46. The summed E-state index contributed by atoms with van der Waals surface area (Å²) in [6, 6.07) is 0. The van der Waals surface area contributed by atoms with Crippen LogP contribution in [0.5, 0.6) is 0 Å². The highest BCUT2D eigenvalue weighted by molar-refractivity contribution is 5.91. The van der Waals surface area contributed by atoms with Crippen LogP contribution < -0.4 is 0 Å². The molecule has 6 atom stereocenters. The van der Waals surface area contributed by atoms with E-state index in [0.29, 0.717) is 16.6 Å². The van der Waals surface area contributed by atoms with Gasteiger partial charge in [-0.15, -0.1) is 0 Å². The molecule has 0 N–H and O–H groups in total. The molecule has 21 heavy (non-hydrogen) atoms. The zero-order valence-electron chi connectivity index (χ0n) is 14.0. The Balaban J connectivity index is 1.74. The number of allylic oxidation sites excluding steroid dienone is 1. The molecule has 0 unspecified atom stereocenters. The number of hydrogen-bond acceptors (Lipinski definition) is 1. The molecule has 1 nitrogen and oxygen atoms in total. The molecule has 3 saturated carbocycles. The molecule has 4 rings (SSSR count). The summed E-state index contributed by atoms with van der Waals surface area (Å²) in [6.07, 6.45) is 12.4. The van der Waals surface area contributed by atoms with Crippen LogP contribution in [0, 0.1) is 34.5 Å². The highest BCUT2D eigenvalue weighted by Gasteiger charge is 2.57. The third kappa shape index (κ3) is 1.85. The number of rotatable bonds is 0. The van der Waals surface area contributed by atoms with Crippen LogP contribution in [0.3, 0.4) is 0 Å². The molecule has 4 aliphatic carbocycles. The van der Waals surface area contributed by atoms with Gasteiger partial charge in [0.05, 0.1) is 0 Å². The molecular formula is C20H30O. The van der Waals surface area contributed by atoms with Gasteiger partial charge in [-0.25, -0.2) is 0 Å². The topological polar surface area (TPSA) is 17.1 Å². The van der Waals surface area contributed by atoms with Crippen LogP contribution in [-0.4, -0.2) is 5.78 Å². The van der Waals surface area contributed by atoms with Gasteiger partial charge in [-0.3, -0.25) is 4.79 Å². The van der Waals surface area contributed by atoms with E-state index in [0.717, 1.165) is 36.5 Å². The Labute approximate surface area is 129 Å². The molecule has 0 heterocycles. The van der Waals surface area contributed by atoms with E-state index in [4.69, 9.17) is 0 Å². The first-order valence-electron chi connectivity index (χ1n) is 9.18. The minimum absolute atomic E-state index is 0.342. The van der Waals surface area contributed by atoms with Crippen LogP contribution >= 0.6 is 0 Å². The van der Waals surface area contributed by atoms with Gasteiger partial charge in [-0.1, -0.05) is 32.8 Å². The molecule has 0 aromatic carbocycles. The fraction of sp³-hybridized carbons (Fsp3) is 0.850. The van der Waals surface area contributed by atoms with E-state index < -0.39 is 0 Å². The quantitative estimate of drug-likeness (QED) is 0.601. The molecule has 3 fully saturated rings. The van der Waals surface area contributed by atoms with E-state index in [9.17, 15) is 4.79 Å². The summed E-state index contributed by atoms with van der Waals surface area (Å²) in [5.41, 5.74) is 2.49. The molecule has 0 amide bonds. The van der Waals surface area contributed by atoms with E-state index in [1.165, 1.54) is 44.1 Å². The predicted molar refractivity (Wildman–Crippen MR) is 85.9 cm³/mol. The van der Waals surface area contributed by atoms with Gasteiger partial charge in [0, 0.05) is 6.42 Å². The Morgan fingerprint density at radius 3 is 2.71 bits per heavy atom. The lowest BCUT2D eigenvalue weighted by Gasteiger charge is -2.59. The monoisotopic (exact) mass is 286 g/mol. The molecule has 1 heteroatoms. The van der Waals surface area contributed by atoms with Crippen LogP contribution in [0.4, 0.5) is 0 Å². The number of carbonyl (C=O) groups excluding carboxylic acids is 1. The number of hydrogen-bond donors (Lipinski definition) is 0. The Morgan fingerprint density at radius 1 is 1.10 bits per heavy atom. The minimum atomic E-state index is 0.342. The first-order valence-corrected chi connectivity index (χ1v) is 9.18. The standard InChI is InChI=1S/C20H30O/c1-13-11-14-12-15(21)6-10-20(14,3)17-7-9-19(2)8-4-5-16(19)18(13)17/h12-13,16-18H,4-11H2,1-3H3/t13-,16+,17+,18+,19+,20+/m1/s1. The van der Waals surface area contributed by atoms with Crippen molar-refractivity contribution in [3.05, 3.63) is 11.6 Å². The van der Waals surface area contributed by atoms with E-state index >= 15 is 0 Å². The minimum Gasteiger partial charge on any atom is -0.295 e. The molecule has 116 valence electrons. The van der Waals surface area contributed by atoms with Crippen molar-refractivity contribution in [3.63, 3.8) is 0 Å². The Bertz CT molecular complexity index is 504. The predicted octanol–water partition coefficient (Wildman–Crippen LogP) is 5.15. The third-order valence-electron chi connectivity index (χ3n) is 8.09. The van der Waals surface area contributed by atoms with Crippen LogP contribution in [0.25, 0.3) is 0 Å². The van der Waals surface area contributed by atoms with Crippen molar-refractivity contribution in [3.8, 4) is 0 Å². The average Bonchev–Trinajstić information content (AvgIpc) is 2.82. The average molecular weight is 286 g/mol. The highest BCUT2D eigenvalue weighted by Crippen LogP contribution is 2.66.